The lowest BCUT2D eigenvalue weighted by Crippen LogP contribution is -2.34. The van der Waals surface area contributed by atoms with Gasteiger partial charge in [-0.3, -0.25) is 4.79 Å². The first-order valence-electron chi connectivity index (χ1n) is 5.63. The van der Waals surface area contributed by atoms with Gasteiger partial charge < -0.3 is 9.47 Å². The maximum absolute atomic E-state index is 10.7. The Morgan fingerprint density at radius 1 is 1.33 bits per heavy atom. The zero-order valence-corrected chi connectivity index (χ0v) is 10.6. The number of hydrogen-bond acceptors (Lipinski definition) is 3. The summed E-state index contributed by atoms with van der Waals surface area (Å²) in [5.74, 6) is -0.247. The average molecular weight is 216 g/mol. The minimum absolute atomic E-state index is 0.00317. The van der Waals surface area contributed by atoms with Crippen molar-refractivity contribution in [2.75, 3.05) is 13.2 Å². The van der Waals surface area contributed by atoms with E-state index in [-0.39, 0.29) is 17.5 Å². The summed E-state index contributed by atoms with van der Waals surface area (Å²) in [6, 6.07) is 0. The van der Waals surface area contributed by atoms with Gasteiger partial charge in [0.05, 0.1) is 6.10 Å². The molecule has 15 heavy (non-hydrogen) atoms. The fourth-order valence-electron chi connectivity index (χ4n) is 1.11. The third kappa shape index (κ3) is 7.37. The summed E-state index contributed by atoms with van der Waals surface area (Å²) < 4.78 is 10.7. The largest absolute Gasteiger partial charge is 0.463 e. The summed E-state index contributed by atoms with van der Waals surface area (Å²) >= 11 is 0. The Bertz CT molecular complexity index is 182. The van der Waals surface area contributed by atoms with E-state index in [1.807, 2.05) is 0 Å². The van der Waals surface area contributed by atoms with E-state index in [9.17, 15) is 4.79 Å². The molecule has 0 heterocycles. The molecule has 0 amide bonds. The highest BCUT2D eigenvalue weighted by Crippen LogP contribution is 2.22. The average Bonchev–Trinajstić information content (AvgIpc) is 2.08. The van der Waals surface area contributed by atoms with Gasteiger partial charge in [0.1, 0.15) is 6.61 Å². The lowest BCUT2D eigenvalue weighted by molar-refractivity contribution is -0.148. The van der Waals surface area contributed by atoms with Gasteiger partial charge in [-0.05, 0) is 11.8 Å². The molecule has 1 atom stereocenters. The zero-order chi connectivity index (χ0) is 11.9. The van der Waals surface area contributed by atoms with Crippen molar-refractivity contribution >= 4 is 5.97 Å². The minimum Gasteiger partial charge on any atom is -0.463 e. The van der Waals surface area contributed by atoms with Crippen molar-refractivity contribution in [3.8, 4) is 0 Å². The summed E-state index contributed by atoms with van der Waals surface area (Å²) in [6.07, 6.45) is 2.14. The van der Waals surface area contributed by atoms with Gasteiger partial charge in [-0.2, -0.15) is 0 Å². The van der Waals surface area contributed by atoms with E-state index >= 15 is 0 Å². The Balaban J connectivity index is 4.02. The van der Waals surface area contributed by atoms with Crippen LogP contribution < -0.4 is 0 Å². The third-order valence-corrected chi connectivity index (χ3v) is 2.22. The molecule has 3 heteroatoms. The number of hydrogen-bond donors (Lipinski definition) is 0. The molecule has 0 aromatic heterocycles. The smallest absolute Gasteiger partial charge is 0.302 e. The van der Waals surface area contributed by atoms with E-state index < -0.39 is 0 Å². The lowest BCUT2D eigenvalue weighted by atomic mass is 9.89. The molecule has 0 aliphatic rings. The van der Waals surface area contributed by atoms with Crippen LogP contribution >= 0.6 is 0 Å². The summed E-state index contributed by atoms with van der Waals surface area (Å²) in [5.41, 5.74) is 0.00317. The van der Waals surface area contributed by atoms with Gasteiger partial charge in [-0.25, -0.2) is 0 Å². The van der Waals surface area contributed by atoms with Crippen LogP contribution in [0.5, 0.6) is 0 Å². The molecule has 0 radical (unpaired) electrons. The fourth-order valence-corrected chi connectivity index (χ4v) is 1.11. The Morgan fingerprint density at radius 3 is 2.33 bits per heavy atom. The normalized spacial score (nSPS) is 13.7. The molecule has 0 N–H and O–H groups in total. The molecule has 3 nitrogen and oxygen atoms in total. The van der Waals surface area contributed by atoms with Crippen molar-refractivity contribution < 1.29 is 14.3 Å². The molecule has 0 aromatic rings. The second-order valence-electron chi connectivity index (χ2n) is 4.88. The van der Waals surface area contributed by atoms with Crippen molar-refractivity contribution in [2.24, 2.45) is 5.41 Å². The number of carbonyl (C=O) groups is 1. The highest BCUT2D eigenvalue weighted by Gasteiger charge is 2.26. The standard InChI is InChI=1S/C12H24O3/c1-6-7-8-14-11(12(3,4)5)9-15-10(2)13/h11H,6-9H2,1-5H3. The van der Waals surface area contributed by atoms with Gasteiger partial charge in [0.25, 0.3) is 0 Å². The predicted octanol–water partition coefficient (Wildman–Crippen LogP) is 2.78. The van der Waals surface area contributed by atoms with Crippen LogP contribution in [0.3, 0.4) is 0 Å². The number of rotatable bonds is 6. The van der Waals surface area contributed by atoms with Gasteiger partial charge in [-0.1, -0.05) is 34.1 Å². The summed E-state index contributed by atoms with van der Waals surface area (Å²) in [6.45, 7) is 10.9. The molecule has 1 unspecified atom stereocenters. The number of ether oxygens (including phenoxy) is 2. The lowest BCUT2D eigenvalue weighted by Gasteiger charge is -2.30. The topological polar surface area (TPSA) is 35.5 Å². The van der Waals surface area contributed by atoms with E-state index in [1.54, 1.807) is 0 Å². The van der Waals surface area contributed by atoms with Crippen molar-refractivity contribution in [1.82, 2.24) is 0 Å². The SMILES string of the molecule is CCCCOC(COC(C)=O)C(C)(C)C. The van der Waals surface area contributed by atoms with Crippen LogP contribution in [-0.4, -0.2) is 25.3 Å². The third-order valence-electron chi connectivity index (χ3n) is 2.22. The monoisotopic (exact) mass is 216 g/mol. The number of unbranched alkanes of at least 4 members (excludes halogenated alkanes) is 1. The van der Waals surface area contributed by atoms with Crippen LogP contribution in [0.15, 0.2) is 0 Å². The second kappa shape index (κ2) is 6.83. The van der Waals surface area contributed by atoms with E-state index in [4.69, 9.17) is 9.47 Å². The predicted molar refractivity (Wildman–Crippen MR) is 60.7 cm³/mol. The van der Waals surface area contributed by atoms with E-state index in [0.29, 0.717) is 6.61 Å². The molecular weight excluding hydrogens is 192 g/mol. The summed E-state index contributed by atoms with van der Waals surface area (Å²) in [4.78, 5) is 10.7. The van der Waals surface area contributed by atoms with E-state index in [1.165, 1.54) is 6.92 Å². The number of carbonyl (C=O) groups excluding carboxylic acids is 1. The molecular formula is C12H24O3. The Hall–Kier alpha value is -0.570. The molecule has 0 saturated heterocycles. The minimum atomic E-state index is -0.247. The van der Waals surface area contributed by atoms with Crippen molar-refractivity contribution in [2.45, 2.75) is 53.6 Å². The van der Waals surface area contributed by atoms with E-state index in [0.717, 1.165) is 19.4 Å². The fraction of sp³-hybridized carbons (Fsp3) is 0.917. The maximum atomic E-state index is 10.7. The molecule has 90 valence electrons. The maximum Gasteiger partial charge on any atom is 0.302 e. The van der Waals surface area contributed by atoms with Crippen LogP contribution in [0.25, 0.3) is 0 Å². The number of esters is 1. The van der Waals surface area contributed by atoms with Crippen LogP contribution in [-0.2, 0) is 14.3 Å². The van der Waals surface area contributed by atoms with Crippen molar-refractivity contribution in [3.63, 3.8) is 0 Å². The van der Waals surface area contributed by atoms with Crippen molar-refractivity contribution in [1.29, 1.82) is 0 Å². The molecule has 0 aliphatic heterocycles. The van der Waals surface area contributed by atoms with Gasteiger partial charge in [-0.15, -0.1) is 0 Å². The van der Waals surface area contributed by atoms with Crippen LogP contribution in [0.1, 0.15) is 47.5 Å². The molecule has 0 aliphatic carbocycles. The highest BCUT2D eigenvalue weighted by atomic mass is 16.6. The Kier molecular flexibility index (Phi) is 6.57. The van der Waals surface area contributed by atoms with Gasteiger partial charge >= 0.3 is 5.97 Å². The van der Waals surface area contributed by atoms with E-state index in [2.05, 4.69) is 27.7 Å². The first-order chi connectivity index (χ1) is 6.88. The molecule has 0 fully saturated rings. The highest BCUT2D eigenvalue weighted by molar-refractivity contribution is 5.65. The first-order valence-corrected chi connectivity index (χ1v) is 5.63. The first kappa shape index (κ1) is 14.4. The van der Waals surface area contributed by atoms with Crippen LogP contribution in [0, 0.1) is 5.41 Å². The van der Waals surface area contributed by atoms with Gasteiger partial charge in [0, 0.05) is 13.5 Å². The van der Waals surface area contributed by atoms with Gasteiger partial charge in [0.2, 0.25) is 0 Å². The zero-order valence-electron chi connectivity index (χ0n) is 10.6. The molecule has 0 aromatic carbocycles. The Labute approximate surface area is 93.1 Å². The quantitative estimate of drug-likeness (QED) is 0.506. The van der Waals surface area contributed by atoms with Gasteiger partial charge in [0.15, 0.2) is 0 Å². The Morgan fingerprint density at radius 2 is 1.93 bits per heavy atom. The van der Waals surface area contributed by atoms with Crippen molar-refractivity contribution in [3.05, 3.63) is 0 Å². The molecule has 0 spiro atoms. The molecule has 0 bridgehead atoms. The molecule has 0 saturated carbocycles. The summed E-state index contributed by atoms with van der Waals surface area (Å²) in [5, 5.41) is 0. The van der Waals surface area contributed by atoms with Crippen LogP contribution in [0.2, 0.25) is 0 Å². The molecule has 0 rings (SSSR count). The van der Waals surface area contributed by atoms with Crippen LogP contribution in [0.4, 0.5) is 0 Å². The summed E-state index contributed by atoms with van der Waals surface area (Å²) in [7, 11) is 0. The second-order valence-corrected chi connectivity index (χ2v) is 4.88.